The van der Waals surface area contributed by atoms with Crippen LogP contribution >= 0.6 is 0 Å². The van der Waals surface area contributed by atoms with Crippen LogP contribution in [0.5, 0.6) is 0 Å². The molecule has 1 aliphatic carbocycles. The SMILES string of the molecule is CCCCCCCCN(C(CCC)CCC)C1CCCCC1. The molecule has 132 valence electrons. The van der Waals surface area contributed by atoms with Gasteiger partial charge in [-0.3, -0.25) is 4.90 Å². The monoisotopic (exact) mass is 309 g/mol. The van der Waals surface area contributed by atoms with Gasteiger partial charge in [-0.25, -0.2) is 0 Å². The van der Waals surface area contributed by atoms with Crippen molar-refractivity contribution in [3.05, 3.63) is 0 Å². The first-order valence-corrected chi connectivity index (χ1v) is 10.6. The molecule has 0 heterocycles. The van der Waals surface area contributed by atoms with Crippen molar-refractivity contribution in [3.63, 3.8) is 0 Å². The molecule has 0 bridgehead atoms. The van der Waals surface area contributed by atoms with Crippen LogP contribution in [0, 0.1) is 0 Å². The Balaban J connectivity index is 2.44. The van der Waals surface area contributed by atoms with E-state index in [1.807, 2.05) is 0 Å². The topological polar surface area (TPSA) is 3.24 Å². The average molecular weight is 310 g/mol. The summed E-state index contributed by atoms with van der Waals surface area (Å²) >= 11 is 0. The third-order valence-corrected chi connectivity index (χ3v) is 5.53. The van der Waals surface area contributed by atoms with Gasteiger partial charge in [-0.15, -0.1) is 0 Å². The Bertz CT molecular complexity index is 226. The van der Waals surface area contributed by atoms with Crippen molar-refractivity contribution >= 4 is 0 Å². The molecular formula is C21H43N. The Labute approximate surface area is 141 Å². The van der Waals surface area contributed by atoms with E-state index >= 15 is 0 Å². The van der Waals surface area contributed by atoms with Crippen molar-refractivity contribution in [2.75, 3.05) is 6.54 Å². The molecule has 0 aromatic carbocycles. The van der Waals surface area contributed by atoms with E-state index in [1.165, 1.54) is 103 Å². The van der Waals surface area contributed by atoms with Crippen LogP contribution in [0.1, 0.15) is 117 Å². The van der Waals surface area contributed by atoms with Crippen LogP contribution in [0.3, 0.4) is 0 Å². The number of hydrogen-bond donors (Lipinski definition) is 0. The molecule has 0 aromatic heterocycles. The zero-order valence-corrected chi connectivity index (χ0v) is 15.9. The maximum Gasteiger partial charge on any atom is 0.00981 e. The Morgan fingerprint density at radius 1 is 0.727 bits per heavy atom. The number of nitrogens with zero attached hydrogens (tertiary/aromatic N) is 1. The summed E-state index contributed by atoms with van der Waals surface area (Å²) in [7, 11) is 0. The minimum absolute atomic E-state index is 0.869. The van der Waals surface area contributed by atoms with Crippen LogP contribution in [-0.2, 0) is 0 Å². The molecule has 0 unspecified atom stereocenters. The summed E-state index contributed by atoms with van der Waals surface area (Å²) in [5, 5.41) is 0. The number of hydrogen-bond acceptors (Lipinski definition) is 1. The van der Waals surface area contributed by atoms with E-state index < -0.39 is 0 Å². The second-order valence-corrected chi connectivity index (χ2v) is 7.53. The van der Waals surface area contributed by atoms with E-state index in [0.29, 0.717) is 0 Å². The highest BCUT2D eigenvalue weighted by Gasteiger charge is 2.26. The lowest BCUT2D eigenvalue weighted by molar-refractivity contribution is 0.0894. The highest BCUT2D eigenvalue weighted by atomic mass is 15.2. The van der Waals surface area contributed by atoms with E-state index in [9.17, 15) is 0 Å². The summed E-state index contributed by atoms with van der Waals surface area (Å²) in [6, 6.07) is 1.78. The van der Waals surface area contributed by atoms with Gasteiger partial charge in [0.15, 0.2) is 0 Å². The van der Waals surface area contributed by atoms with Gasteiger partial charge in [-0.05, 0) is 38.6 Å². The Morgan fingerprint density at radius 2 is 1.32 bits per heavy atom. The highest BCUT2D eigenvalue weighted by molar-refractivity contribution is 4.81. The van der Waals surface area contributed by atoms with Crippen molar-refractivity contribution in [2.45, 2.75) is 129 Å². The van der Waals surface area contributed by atoms with Gasteiger partial charge < -0.3 is 0 Å². The molecule has 1 heteroatoms. The molecule has 0 saturated heterocycles. The zero-order chi connectivity index (χ0) is 16.0. The maximum atomic E-state index is 2.96. The van der Waals surface area contributed by atoms with E-state index in [-0.39, 0.29) is 0 Å². The molecule has 0 aromatic rings. The van der Waals surface area contributed by atoms with Crippen molar-refractivity contribution in [2.24, 2.45) is 0 Å². The van der Waals surface area contributed by atoms with Crippen LogP contribution in [0.2, 0.25) is 0 Å². The summed E-state index contributed by atoms with van der Waals surface area (Å²) in [6.07, 6.45) is 21.5. The molecule has 0 atom stereocenters. The highest BCUT2D eigenvalue weighted by Crippen LogP contribution is 2.27. The molecule has 0 spiro atoms. The predicted octanol–water partition coefficient (Wildman–Crippen LogP) is 6.95. The molecular weight excluding hydrogens is 266 g/mol. The van der Waals surface area contributed by atoms with Crippen molar-refractivity contribution in [1.29, 1.82) is 0 Å². The molecule has 0 aliphatic heterocycles. The van der Waals surface area contributed by atoms with E-state index in [2.05, 4.69) is 25.7 Å². The summed E-state index contributed by atoms with van der Waals surface area (Å²) in [6.45, 7) is 8.42. The van der Waals surface area contributed by atoms with E-state index in [4.69, 9.17) is 0 Å². The quantitative estimate of drug-likeness (QED) is 0.333. The Morgan fingerprint density at radius 3 is 1.91 bits per heavy atom. The van der Waals surface area contributed by atoms with Gasteiger partial charge in [-0.2, -0.15) is 0 Å². The van der Waals surface area contributed by atoms with Gasteiger partial charge in [0, 0.05) is 12.1 Å². The van der Waals surface area contributed by atoms with Gasteiger partial charge in [-0.1, -0.05) is 85.0 Å². The molecule has 0 radical (unpaired) electrons. The van der Waals surface area contributed by atoms with Gasteiger partial charge in [0.25, 0.3) is 0 Å². The third kappa shape index (κ3) is 7.99. The first-order valence-electron chi connectivity index (χ1n) is 10.6. The van der Waals surface area contributed by atoms with Gasteiger partial charge in [0.2, 0.25) is 0 Å². The summed E-state index contributed by atoms with van der Waals surface area (Å²) in [4.78, 5) is 2.96. The number of unbranched alkanes of at least 4 members (excludes halogenated alkanes) is 5. The second kappa shape index (κ2) is 13.4. The van der Waals surface area contributed by atoms with Crippen LogP contribution in [0.15, 0.2) is 0 Å². The van der Waals surface area contributed by atoms with Crippen molar-refractivity contribution < 1.29 is 0 Å². The van der Waals surface area contributed by atoms with Gasteiger partial charge >= 0.3 is 0 Å². The fourth-order valence-corrected chi connectivity index (χ4v) is 4.29. The minimum atomic E-state index is 0.869. The zero-order valence-electron chi connectivity index (χ0n) is 15.9. The molecule has 0 amide bonds. The third-order valence-electron chi connectivity index (χ3n) is 5.53. The van der Waals surface area contributed by atoms with Gasteiger partial charge in [0.1, 0.15) is 0 Å². The Hall–Kier alpha value is -0.0400. The van der Waals surface area contributed by atoms with Crippen LogP contribution in [0.25, 0.3) is 0 Å². The largest absolute Gasteiger partial charge is 0.297 e. The molecule has 1 rings (SSSR count). The standard InChI is InChI=1S/C21H43N/c1-4-7-8-9-10-14-19-22(20(15-5-2)16-6-3)21-17-12-11-13-18-21/h20-21H,4-19H2,1-3H3. The lowest BCUT2D eigenvalue weighted by Gasteiger charge is -2.40. The lowest BCUT2D eigenvalue weighted by atomic mass is 9.91. The van der Waals surface area contributed by atoms with Gasteiger partial charge in [0.05, 0.1) is 0 Å². The van der Waals surface area contributed by atoms with Crippen LogP contribution in [-0.4, -0.2) is 23.5 Å². The lowest BCUT2D eigenvalue weighted by Crippen LogP contribution is -2.44. The summed E-state index contributed by atoms with van der Waals surface area (Å²) in [5.74, 6) is 0. The second-order valence-electron chi connectivity index (χ2n) is 7.53. The minimum Gasteiger partial charge on any atom is -0.297 e. The van der Waals surface area contributed by atoms with E-state index in [1.54, 1.807) is 0 Å². The molecule has 1 aliphatic rings. The fraction of sp³-hybridized carbons (Fsp3) is 1.00. The molecule has 22 heavy (non-hydrogen) atoms. The molecule has 1 nitrogen and oxygen atoms in total. The summed E-state index contributed by atoms with van der Waals surface area (Å²) < 4.78 is 0. The molecule has 0 N–H and O–H groups in total. The van der Waals surface area contributed by atoms with Crippen LogP contribution < -0.4 is 0 Å². The maximum absolute atomic E-state index is 2.96. The smallest absolute Gasteiger partial charge is 0.00981 e. The molecule has 1 saturated carbocycles. The molecule has 1 fully saturated rings. The average Bonchev–Trinajstić information content (AvgIpc) is 2.55. The Kier molecular flexibility index (Phi) is 12.2. The van der Waals surface area contributed by atoms with Crippen molar-refractivity contribution in [1.82, 2.24) is 4.90 Å². The fourth-order valence-electron chi connectivity index (χ4n) is 4.29. The van der Waals surface area contributed by atoms with Crippen molar-refractivity contribution in [3.8, 4) is 0 Å². The first-order chi connectivity index (χ1) is 10.8. The summed E-state index contributed by atoms with van der Waals surface area (Å²) in [5.41, 5.74) is 0. The number of rotatable bonds is 13. The first kappa shape index (κ1) is 20.0. The van der Waals surface area contributed by atoms with Crippen LogP contribution in [0.4, 0.5) is 0 Å². The van der Waals surface area contributed by atoms with E-state index in [0.717, 1.165) is 12.1 Å². The normalized spacial score (nSPS) is 16.8. The predicted molar refractivity (Wildman–Crippen MR) is 101 cm³/mol.